The van der Waals surface area contributed by atoms with Crippen molar-refractivity contribution in [1.29, 1.82) is 0 Å². The molecule has 32 heavy (non-hydrogen) atoms. The lowest BCUT2D eigenvalue weighted by Gasteiger charge is -2.24. The third-order valence-electron chi connectivity index (χ3n) is 5.27. The van der Waals surface area contributed by atoms with E-state index in [4.69, 9.17) is 0 Å². The Morgan fingerprint density at radius 1 is 0.969 bits per heavy atom. The highest BCUT2D eigenvalue weighted by molar-refractivity contribution is 7.92. The van der Waals surface area contributed by atoms with Gasteiger partial charge in [0.1, 0.15) is 6.54 Å². The Balaban J connectivity index is 2.25. The summed E-state index contributed by atoms with van der Waals surface area (Å²) in [6.45, 7) is 5.54. The first-order valence-corrected chi connectivity index (χ1v) is 13.4. The van der Waals surface area contributed by atoms with E-state index in [1.165, 1.54) is 38.4 Å². The Morgan fingerprint density at radius 3 is 2.03 bits per heavy atom. The molecule has 0 heterocycles. The van der Waals surface area contributed by atoms with Crippen LogP contribution in [0.1, 0.15) is 36.1 Å². The summed E-state index contributed by atoms with van der Waals surface area (Å²) in [7, 11) is -4.61. The number of benzene rings is 2. The molecule has 1 amide bonds. The maximum Gasteiger partial charge on any atom is 0.242 e. The van der Waals surface area contributed by atoms with Gasteiger partial charge in [0, 0.05) is 14.1 Å². The highest BCUT2D eigenvalue weighted by Crippen LogP contribution is 2.23. The number of carbonyl (C=O) groups is 1. The van der Waals surface area contributed by atoms with Crippen molar-refractivity contribution in [3.63, 3.8) is 0 Å². The molecule has 1 N–H and O–H groups in total. The number of nitrogens with one attached hydrogen (secondary N) is 1. The smallest absolute Gasteiger partial charge is 0.242 e. The standard InChI is InChI=1S/C22H31N3O5S2/c1-7-21(18-9-8-16(2)17(3)14-18)23-22(26)15-25(31(6,27)28)19-10-12-20(13-11-19)32(29,30)24(4)5/h8-14,21H,7,15H2,1-6H3,(H,23,26). The van der Waals surface area contributed by atoms with E-state index in [9.17, 15) is 21.6 Å². The van der Waals surface area contributed by atoms with Gasteiger partial charge in [-0.05, 0) is 61.2 Å². The van der Waals surface area contributed by atoms with Gasteiger partial charge in [-0.2, -0.15) is 0 Å². The van der Waals surface area contributed by atoms with Crippen LogP contribution in [-0.2, 0) is 24.8 Å². The highest BCUT2D eigenvalue weighted by atomic mass is 32.2. The first-order valence-electron chi connectivity index (χ1n) is 10.1. The predicted molar refractivity (Wildman–Crippen MR) is 127 cm³/mol. The van der Waals surface area contributed by atoms with Crippen molar-refractivity contribution in [2.45, 2.75) is 38.1 Å². The van der Waals surface area contributed by atoms with Crippen molar-refractivity contribution in [3.8, 4) is 0 Å². The van der Waals surface area contributed by atoms with Gasteiger partial charge in [0.25, 0.3) is 0 Å². The second-order valence-electron chi connectivity index (χ2n) is 7.92. The third kappa shape index (κ3) is 6.08. The van der Waals surface area contributed by atoms with Crippen molar-refractivity contribution in [2.24, 2.45) is 0 Å². The topological polar surface area (TPSA) is 104 Å². The number of anilines is 1. The normalized spacial score (nSPS) is 13.1. The summed E-state index contributed by atoms with van der Waals surface area (Å²) >= 11 is 0. The predicted octanol–water partition coefficient (Wildman–Crippen LogP) is 2.59. The summed E-state index contributed by atoms with van der Waals surface area (Å²) in [6, 6.07) is 11.1. The van der Waals surface area contributed by atoms with Gasteiger partial charge < -0.3 is 5.32 Å². The number of rotatable bonds is 9. The molecule has 2 aromatic carbocycles. The zero-order chi connectivity index (χ0) is 24.3. The average Bonchev–Trinajstić information content (AvgIpc) is 2.71. The maximum absolute atomic E-state index is 12.8. The van der Waals surface area contributed by atoms with Gasteiger partial charge in [-0.3, -0.25) is 9.10 Å². The number of carbonyl (C=O) groups excluding carboxylic acids is 1. The monoisotopic (exact) mass is 481 g/mol. The average molecular weight is 482 g/mol. The van der Waals surface area contributed by atoms with Crippen molar-refractivity contribution < 1.29 is 21.6 Å². The molecule has 1 atom stereocenters. The third-order valence-corrected chi connectivity index (χ3v) is 8.24. The first-order chi connectivity index (χ1) is 14.8. The minimum Gasteiger partial charge on any atom is -0.348 e. The van der Waals surface area contributed by atoms with Crippen molar-refractivity contribution in [1.82, 2.24) is 9.62 Å². The second kappa shape index (κ2) is 10.0. The lowest BCUT2D eigenvalue weighted by atomic mass is 9.99. The van der Waals surface area contributed by atoms with Gasteiger partial charge in [-0.25, -0.2) is 21.1 Å². The van der Waals surface area contributed by atoms with Crippen LogP contribution in [0.25, 0.3) is 0 Å². The fraction of sp³-hybridized carbons (Fsp3) is 0.409. The summed E-state index contributed by atoms with van der Waals surface area (Å²) in [5.74, 6) is -0.453. The summed E-state index contributed by atoms with van der Waals surface area (Å²) in [6.07, 6.45) is 1.65. The lowest BCUT2D eigenvalue weighted by molar-refractivity contribution is -0.120. The number of hydrogen-bond acceptors (Lipinski definition) is 5. The molecule has 0 aliphatic heterocycles. The maximum atomic E-state index is 12.8. The Morgan fingerprint density at radius 2 is 1.56 bits per heavy atom. The van der Waals surface area contributed by atoms with E-state index in [0.717, 1.165) is 31.6 Å². The molecule has 176 valence electrons. The van der Waals surface area contributed by atoms with Crippen LogP contribution in [0.4, 0.5) is 5.69 Å². The van der Waals surface area contributed by atoms with Crippen LogP contribution >= 0.6 is 0 Å². The zero-order valence-corrected chi connectivity index (χ0v) is 20.9. The molecule has 0 aromatic heterocycles. The molecule has 10 heteroatoms. The molecule has 0 saturated carbocycles. The van der Waals surface area contributed by atoms with E-state index >= 15 is 0 Å². The fourth-order valence-corrected chi connectivity index (χ4v) is 4.93. The largest absolute Gasteiger partial charge is 0.348 e. The molecule has 0 bridgehead atoms. The molecular weight excluding hydrogens is 450 g/mol. The van der Waals surface area contributed by atoms with Crippen molar-refractivity contribution >= 4 is 31.6 Å². The van der Waals surface area contributed by atoms with Crippen molar-refractivity contribution in [3.05, 3.63) is 59.2 Å². The lowest BCUT2D eigenvalue weighted by Crippen LogP contribution is -2.41. The summed E-state index contributed by atoms with van der Waals surface area (Å²) in [4.78, 5) is 12.8. The summed E-state index contributed by atoms with van der Waals surface area (Å²) < 4.78 is 51.3. The quantitative estimate of drug-likeness (QED) is 0.593. The highest BCUT2D eigenvalue weighted by Gasteiger charge is 2.24. The Hall–Kier alpha value is -2.43. The summed E-state index contributed by atoms with van der Waals surface area (Å²) in [5.41, 5.74) is 3.42. The SMILES string of the molecule is CCC(NC(=O)CN(c1ccc(S(=O)(=O)N(C)C)cc1)S(C)(=O)=O)c1ccc(C)c(C)c1. The first kappa shape index (κ1) is 25.8. The van der Waals surface area contributed by atoms with Gasteiger partial charge in [-0.1, -0.05) is 25.1 Å². The van der Waals surface area contributed by atoms with Gasteiger partial charge in [0.15, 0.2) is 0 Å². The van der Waals surface area contributed by atoms with Gasteiger partial charge in [-0.15, -0.1) is 0 Å². The molecule has 2 rings (SSSR count). The minimum absolute atomic E-state index is 0.0324. The van der Waals surface area contributed by atoms with Crippen LogP contribution in [0.5, 0.6) is 0 Å². The van der Waals surface area contributed by atoms with E-state index < -0.39 is 32.5 Å². The van der Waals surface area contributed by atoms with Crippen LogP contribution in [0, 0.1) is 13.8 Å². The van der Waals surface area contributed by atoms with Crippen LogP contribution in [-0.4, -0.2) is 53.9 Å². The molecule has 0 spiro atoms. The zero-order valence-electron chi connectivity index (χ0n) is 19.3. The van der Waals surface area contributed by atoms with E-state index in [2.05, 4.69) is 5.32 Å². The van der Waals surface area contributed by atoms with Gasteiger partial charge >= 0.3 is 0 Å². The van der Waals surface area contributed by atoms with Crippen LogP contribution < -0.4 is 9.62 Å². The molecule has 2 aromatic rings. The number of aryl methyl sites for hydroxylation is 2. The number of nitrogens with zero attached hydrogens (tertiary/aromatic N) is 2. The van der Waals surface area contributed by atoms with E-state index in [1.807, 2.05) is 39.0 Å². The number of sulfonamides is 2. The molecule has 0 radical (unpaired) electrons. The van der Waals surface area contributed by atoms with E-state index in [0.29, 0.717) is 6.42 Å². The second-order valence-corrected chi connectivity index (χ2v) is 12.0. The van der Waals surface area contributed by atoms with E-state index in [1.54, 1.807) is 0 Å². The molecule has 0 saturated heterocycles. The molecule has 8 nitrogen and oxygen atoms in total. The Kier molecular flexibility index (Phi) is 8.08. The van der Waals surface area contributed by atoms with Crippen molar-refractivity contribution in [2.75, 3.05) is 31.2 Å². The Labute approximate surface area is 191 Å². The number of hydrogen-bond donors (Lipinski definition) is 1. The molecule has 1 unspecified atom stereocenters. The molecular formula is C22H31N3O5S2. The molecule has 0 fully saturated rings. The van der Waals surface area contributed by atoms with E-state index in [-0.39, 0.29) is 16.6 Å². The Bertz CT molecular complexity index is 1170. The van der Waals surface area contributed by atoms with Crippen LogP contribution in [0.3, 0.4) is 0 Å². The van der Waals surface area contributed by atoms with Crippen LogP contribution in [0.15, 0.2) is 47.4 Å². The molecule has 0 aliphatic carbocycles. The molecule has 0 aliphatic rings. The fourth-order valence-electron chi connectivity index (χ4n) is 3.17. The number of amides is 1. The van der Waals surface area contributed by atoms with Gasteiger partial charge in [0.05, 0.1) is 22.9 Å². The van der Waals surface area contributed by atoms with Gasteiger partial charge in [0.2, 0.25) is 26.0 Å². The summed E-state index contributed by atoms with van der Waals surface area (Å²) in [5, 5.41) is 2.90. The minimum atomic E-state index is -3.78. The van der Waals surface area contributed by atoms with Crippen LogP contribution in [0.2, 0.25) is 0 Å².